The van der Waals surface area contributed by atoms with Gasteiger partial charge in [-0.1, -0.05) is 48.5 Å². The maximum atomic E-state index is 3.60. The third-order valence-corrected chi connectivity index (χ3v) is 5.58. The lowest BCUT2D eigenvalue weighted by atomic mass is 10.1. The molecule has 3 nitrogen and oxygen atoms in total. The fraction of sp³-hybridized carbons (Fsp3) is 0.292. The van der Waals surface area contributed by atoms with Crippen LogP contribution < -0.4 is 38.5 Å². The zero-order valence-electron chi connectivity index (χ0n) is 17.3. The number of halogens is 2. The van der Waals surface area contributed by atoms with Crippen molar-refractivity contribution in [1.29, 1.82) is 0 Å². The molecule has 0 amide bonds. The van der Waals surface area contributed by atoms with Gasteiger partial charge < -0.3 is 43.4 Å². The largest absolute Gasteiger partial charge is 1.00 e. The second-order valence-electron chi connectivity index (χ2n) is 8.21. The number of aryl methyl sites for hydroxylation is 2. The number of aromatic amines is 1. The van der Waals surface area contributed by atoms with E-state index in [9.17, 15) is 0 Å². The number of rotatable bonds is 6. The van der Waals surface area contributed by atoms with Crippen LogP contribution in [-0.2, 0) is 13.1 Å². The highest BCUT2D eigenvalue weighted by Crippen LogP contribution is 2.25. The number of nitrogens with one attached hydrogen (secondary N) is 1. The summed E-state index contributed by atoms with van der Waals surface area (Å²) in [6.07, 6.45) is 3.41. The molecule has 0 aliphatic heterocycles. The number of benzene rings is 2. The van der Waals surface area contributed by atoms with E-state index in [0.717, 1.165) is 30.5 Å². The maximum Gasteiger partial charge on any atom is 0.202 e. The number of quaternary nitrogens is 1. The molecule has 2 aromatic carbocycles. The van der Waals surface area contributed by atoms with Gasteiger partial charge in [-0.3, -0.25) is 0 Å². The molecule has 5 heteroatoms. The highest BCUT2D eigenvalue weighted by molar-refractivity contribution is 6.07. The van der Waals surface area contributed by atoms with Crippen molar-refractivity contribution in [2.45, 2.75) is 26.4 Å². The van der Waals surface area contributed by atoms with E-state index in [4.69, 9.17) is 0 Å². The van der Waals surface area contributed by atoms with Crippen LogP contribution in [0.15, 0.2) is 66.9 Å². The highest BCUT2D eigenvalue weighted by atomic mass is 79.9. The monoisotopic (exact) mass is 517 g/mol. The predicted octanol–water partition coefficient (Wildman–Crippen LogP) is -1.41. The van der Waals surface area contributed by atoms with E-state index in [0.29, 0.717) is 0 Å². The van der Waals surface area contributed by atoms with Crippen molar-refractivity contribution in [2.75, 3.05) is 20.6 Å². The Balaban J connectivity index is 0.00000150. The number of nitrogens with zero attached hydrogens (tertiary/aromatic N) is 2. The second kappa shape index (κ2) is 9.88. The highest BCUT2D eigenvalue weighted by Gasteiger charge is 2.19. The molecule has 0 radical (unpaired) electrons. The third-order valence-electron chi connectivity index (χ3n) is 5.58. The maximum absolute atomic E-state index is 3.60. The Morgan fingerprint density at radius 1 is 0.862 bits per heavy atom. The van der Waals surface area contributed by atoms with Crippen LogP contribution in [0.2, 0.25) is 0 Å². The molecule has 2 aromatic heterocycles. The quantitative estimate of drug-likeness (QED) is 0.239. The second-order valence-corrected chi connectivity index (χ2v) is 8.21. The van der Waals surface area contributed by atoms with Gasteiger partial charge in [0.25, 0.3) is 0 Å². The molecule has 0 fully saturated rings. The molecule has 0 aliphatic rings. The fourth-order valence-electron chi connectivity index (χ4n) is 4.11. The first-order valence-corrected chi connectivity index (χ1v) is 9.79. The van der Waals surface area contributed by atoms with Crippen molar-refractivity contribution >= 4 is 21.8 Å². The Kier molecular flexibility index (Phi) is 8.03. The summed E-state index contributed by atoms with van der Waals surface area (Å²) in [7, 11) is 4.65. The van der Waals surface area contributed by atoms with Crippen LogP contribution in [0.25, 0.3) is 21.8 Å². The Bertz CT molecular complexity index is 1070. The summed E-state index contributed by atoms with van der Waals surface area (Å²) in [4.78, 5) is 3.60. The molecule has 29 heavy (non-hydrogen) atoms. The minimum Gasteiger partial charge on any atom is -1.00 e. The Hall–Kier alpha value is -1.69. The minimum absolute atomic E-state index is 0. The normalized spacial score (nSPS) is 11.3. The Morgan fingerprint density at radius 2 is 1.55 bits per heavy atom. The number of H-pyrrole nitrogens is 1. The van der Waals surface area contributed by atoms with E-state index in [1.165, 1.54) is 33.1 Å². The molecule has 0 atom stereocenters. The van der Waals surface area contributed by atoms with E-state index < -0.39 is 0 Å². The van der Waals surface area contributed by atoms with Crippen molar-refractivity contribution < 1.29 is 43.0 Å². The van der Waals surface area contributed by atoms with E-state index in [1.807, 2.05) is 0 Å². The number of hydrogen-bond donors (Lipinski definition) is 1. The van der Waals surface area contributed by atoms with E-state index in [-0.39, 0.29) is 34.0 Å². The summed E-state index contributed by atoms with van der Waals surface area (Å²) in [5.41, 5.74) is 5.20. The standard InChI is InChI=1S/C24H28N3.2BrH/c1-19-24-22(21-12-7-8-13-23(21)25-24)14-16-26(19)15-9-17-27(2,3)18-20-10-5-4-6-11-20;;/h4-8,10-14,16H,9,15,17-18H2,1-3H3;2*1H/q+1;;/p-1. The molecule has 2 heterocycles. The van der Waals surface area contributed by atoms with Gasteiger partial charge in [-0.05, 0) is 6.07 Å². The summed E-state index contributed by atoms with van der Waals surface area (Å²) in [5.74, 6) is 0. The lowest BCUT2D eigenvalue weighted by Crippen LogP contribution is -3.00. The first kappa shape index (κ1) is 23.6. The van der Waals surface area contributed by atoms with E-state index in [2.05, 4.69) is 97.4 Å². The number of pyridine rings is 1. The number of aromatic nitrogens is 2. The van der Waals surface area contributed by atoms with E-state index >= 15 is 0 Å². The van der Waals surface area contributed by atoms with Gasteiger partial charge in [0.15, 0.2) is 12.7 Å². The first-order chi connectivity index (χ1) is 13.0. The fourth-order valence-corrected chi connectivity index (χ4v) is 4.11. The van der Waals surface area contributed by atoms with Crippen LogP contribution in [0.3, 0.4) is 0 Å². The van der Waals surface area contributed by atoms with Crippen LogP contribution in [0.1, 0.15) is 17.7 Å². The van der Waals surface area contributed by atoms with Crippen LogP contribution in [-0.4, -0.2) is 30.1 Å². The van der Waals surface area contributed by atoms with Gasteiger partial charge in [0.05, 0.1) is 27.1 Å². The van der Waals surface area contributed by atoms with Gasteiger partial charge in [0.1, 0.15) is 12.1 Å². The third kappa shape index (κ3) is 5.27. The summed E-state index contributed by atoms with van der Waals surface area (Å²) >= 11 is 0. The molecule has 4 aromatic rings. The molecular weight excluding hydrogens is 490 g/mol. The summed E-state index contributed by atoms with van der Waals surface area (Å²) in [6, 6.07) is 21.6. The first-order valence-electron chi connectivity index (χ1n) is 9.79. The van der Waals surface area contributed by atoms with Gasteiger partial charge in [-0.15, -0.1) is 0 Å². The van der Waals surface area contributed by atoms with Crippen LogP contribution in [0.5, 0.6) is 0 Å². The molecule has 154 valence electrons. The van der Waals surface area contributed by atoms with Crippen molar-refractivity contribution in [1.82, 2.24) is 4.98 Å². The van der Waals surface area contributed by atoms with Crippen LogP contribution in [0, 0.1) is 6.92 Å². The molecule has 0 bridgehead atoms. The summed E-state index contributed by atoms with van der Waals surface area (Å²) in [6.45, 7) is 5.51. The summed E-state index contributed by atoms with van der Waals surface area (Å²) < 4.78 is 3.40. The molecule has 0 saturated heterocycles. The summed E-state index contributed by atoms with van der Waals surface area (Å²) in [5, 5.41) is 2.63. The van der Waals surface area contributed by atoms with Crippen LogP contribution in [0.4, 0.5) is 0 Å². The lowest BCUT2D eigenvalue weighted by Gasteiger charge is -2.29. The average Bonchev–Trinajstić information content (AvgIpc) is 3.03. The van der Waals surface area contributed by atoms with Crippen molar-refractivity contribution in [3.05, 3.63) is 78.1 Å². The molecule has 4 rings (SSSR count). The minimum atomic E-state index is 0. The molecule has 0 unspecified atom stereocenters. The molecular formula is C24H29Br2N3. The van der Waals surface area contributed by atoms with Crippen molar-refractivity contribution in [2.24, 2.45) is 0 Å². The zero-order chi connectivity index (χ0) is 18.9. The topological polar surface area (TPSA) is 19.7 Å². The molecule has 0 saturated carbocycles. The van der Waals surface area contributed by atoms with Crippen molar-refractivity contribution in [3.63, 3.8) is 0 Å². The van der Waals surface area contributed by atoms with Gasteiger partial charge in [0.2, 0.25) is 5.69 Å². The predicted molar refractivity (Wildman–Crippen MR) is 112 cm³/mol. The Labute approximate surface area is 194 Å². The molecule has 0 aliphatic carbocycles. The lowest BCUT2D eigenvalue weighted by molar-refractivity contribution is -0.906. The molecule has 1 N–H and O–H groups in total. The molecule has 0 spiro atoms. The van der Waals surface area contributed by atoms with E-state index in [1.54, 1.807) is 0 Å². The SMILES string of the molecule is Cc1c2[nH]c3ccccc3c2cc[n+]1CCC[N+](C)(C)Cc1ccccc1.[Br-].[Br-]. The van der Waals surface area contributed by atoms with Gasteiger partial charge >= 0.3 is 0 Å². The van der Waals surface area contributed by atoms with Gasteiger partial charge in [-0.25, -0.2) is 4.57 Å². The zero-order valence-corrected chi connectivity index (χ0v) is 20.5. The van der Waals surface area contributed by atoms with Crippen LogP contribution >= 0.6 is 0 Å². The van der Waals surface area contributed by atoms with Crippen molar-refractivity contribution in [3.8, 4) is 0 Å². The Morgan fingerprint density at radius 3 is 2.31 bits per heavy atom. The smallest absolute Gasteiger partial charge is 0.202 e. The number of para-hydroxylation sites is 1. The van der Waals surface area contributed by atoms with Gasteiger partial charge in [0, 0.05) is 34.8 Å². The van der Waals surface area contributed by atoms with Gasteiger partial charge in [-0.2, -0.15) is 0 Å². The average molecular weight is 519 g/mol. The number of fused-ring (bicyclic) bond motifs is 3. The number of hydrogen-bond acceptors (Lipinski definition) is 0.